The second kappa shape index (κ2) is 10.4. The monoisotopic (exact) mass is 590 g/mol. The van der Waals surface area contributed by atoms with Crippen molar-refractivity contribution in [3.63, 3.8) is 0 Å². The van der Waals surface area contributed by atoms with Gasteiger partial charge in [-0.1, -0.05) is 6.07 Å². The lowest BCUT2D eigenvalue weighted by Crippen LogP contribution is -2.43. The van der Waals surface area contributed by atoms with Crippen LogP contribution < -0.4 is 10.2 Å². The Balaban J connectivity index is 1.73. The normalized spacial score (nSPS) is 15.1. The number of rotatable bonds is 6. The first-order chi connectivity index (χ1) is 19.4. The van der Waals surface area contributed by atoms with E-state index in [9.17, 15) is 40.7 Å². The van der Waals surface area contributed by atoms with Crippen molar-refractivity contribution < 1.29 is 45.8 Å². The molecule has 0 atom stereocenters. The quantitative estimate of drug-likeness (QED) is 0.242. The van der Waals surface area contributed by atoms with Crippen LogP contribution in [-0.2, 0) is 23.7 Å². The topological polar surface area (TPSA) is 114 Å². The molecule has 3 aromatic rings. The predicted octanol–water partition coefficient (Wildman–Crippen LogP) is 6.79. The fraction of sp³-hybridized carbons (Fsp3) is 0.214. The van der Waals surface area contributed by atoms with E-state index < -0.39 is 64.7 Å². The van der Waals surface area contributed by atoms with Crippen LogP contribution in [0.4, 0.5) is 48.2 Å². The van der Waals surface area contributed by atoms with Crippen molar-refractivity contribution in [2.24, 2.45) is 0 Å². The van der Waals surface area contributed by atoms with E-state index in [0.29, 0.717) is 11.0 Å². The number of amides is 3. The zero-order valence-electron chi connectivity index (χ0n) is 21.8. The molecule has 3 amide bonds. The van der Waals surface area contributed by atoms with Crippen LogP contribution in [0, 0.1) is 11.3 Å². The summed E-state index contributed by atoms with van der Waals surface area (Å²) in [5.74, 6) is -2.11. The molecule has 8 nitrogen and oxygen atoms in total. The lowest BCUT2D eigenvalue weighted by molar-refractivity contribution is -0.138. The minimum absolute atomic E-state index is 0.0654. The molecule has 2 N–H and O–H groups in total. The molecule has 0 unspecified atom stereocenters. The third kappa shape index (κ3) is 5.58. The van der Waals surface area contributed by atoms with Gasteiger partial charge in [-0.3, -0.25) is 4.79 Å². The highest BCUT2D eigenvalue weighted by Gasteiger charge is 2.52. The van der Waals surface area contributed by atoms with Gasteiger partial charge >= 0.3 is 24.4 Å². The van der Waals surface area contributed by atoms with Gasteiger partial charge in [0.1, 0.15) is 5.54 Å². The predicted molar refractivity (Wildman–Crippen MR) is 137 cm³/mol. The summed E-state index contributed by atoms with van der Waals surface area (Å²) >= 11 is 0. The molecule has 218 valence electrons. The number of alkyl halides is 6. The summed E-state index contributed by atoms with van der Waals surface area (Å²) < 4.78 is 81.2. The number of urea groups is 1. The smallest absolute Gasteiger partial charge is 0.417 e. The Hall–Kier alpha value is -5.06. The maximum Gasteiger partial charge on any atom is 0.417 e. The summed E-state index contributed by atoms with van der Waals surface area (Å²) in [7, 11) is 0. The van der Waals surface area contributed by atoms with Gasteiger partial charge in [-0.15, -0.1) is 0 Å². The number of hydrogen-bond acceptors (Lipinski definition) is 5. The lowest BCUT2D eigenvalue weighted by atomic mass is 10.0. The van der Waals surface area contributed by atoms with Gasteiger partial charge in [0.2, 0.25) is 0 Å². The molecule has 0 saturated carbocycles. The largest absolute Gasteiger partial charge is 0.478 e. The number of carboxylic acid groups (broad SMARTS) is 1. The number of carbonyl (C=O) groups excluding carboxylic acids is 2. The van der Waals surface area contributed by atoms with Gasteiger partial charge in [0.15, 0.2) is 0 Å². The number of aromatic carboxylic acids is 1. The fourth-order valence-corrected chi connectivity index (χ4v) is 4.36. The third-order valence-electron chi connectivity index (χ3n) is 6.69. The zero-order chi connectivity index (χ0) is 31.2. The van der Waals surface area contributed by atoms with Crippen LogP contribution in [0.2, 0.25) is 0 Å². The minimum Gasteiger partial charge on any atom is -0.478 e. The molecule has 1 aliphatic heterocycles. The number of anilines is 3. The van der Waals surface area contributed by atoms with E-state index in [1.165, 1.54) is 44.2 Å². The summed E-state index contributed by atoms with van der Waals surface area (Å²) in [5.41, 5.74) is -4.98. The molecule has 1 fully saturated rings. The van der Waals surface area contributed by atoms with Crippen molar-refractivity contribution in [1.82, 2.24) is 4.90 Å². The standard InChI is InChI=1S/C28H20F6N4O4/c1-26(2)24(41)38(20-10-6-16(13-35)21(12-20)28(32,33)34)25(42)37(26)14-17-3-7-18(27(29,30)31)11-22(17)36-19-8-4-15(5-9-19)23(39)40/h3-12,36H,14H2,1-2H3,(H,39,40). The second-order valence-electron chi connectivity index (χ2n) is 9.78. The molecule has 4 rings (SSSR count). The average Bonchev–Trinajstić information content (AvgIpc) is 3.07. The Kier molecular flexibility index (Phi) is 7.41. The Morgan fingerprint density at radius 3 is 2.14 bits per heavy atom. The third-order valence-corrected chi connectivity index (χ3v) is 6.69. The number of carbonyl (C=O) groups is 3. The van der Waals surface area contributed by atoms with Crippen molar-refractivity contribution in [2.75, 3.05) is 10.2 Å². The molecule has 3 aromatic carbocycles. The van der Waals surface area contributed by atoms with Crippen LogP contribution in [0.25, 0.3) is 0 Å². The highest BCUT2D eigenvalue weighted by atomic mass is 19.4. The van der Waals surface area contributed by atoms with E-state index in [1.54, 1.807) is 0 Å². The molecule has 0 radical (unpaired) electrons. The summed E-state index contributed by atoms with van der Waals surface area (Å²) in [6.07, 6.45) is -9.69. The van der Waals surface area contributed by atoms with Gasteiger partial charge in [-0.2, -0.15) is 31.6 Å². The van der Waals surface area contributed by atoms with Crippen molar-refractivity contribution >= 4 is 35.0 Å². The molecule has 14 heteroatoms. The number of hydrogen-bond donors (Lipinski definition) is 2. The van der Waals surface area contributed by atoms with Crippen LogP contribution in [-0.4, -0.2) is 33.5 Å². The van der Waals surface area contributed by atoms with Crippen molar-refractivity contribution in [3.8, 4) is 6.07 Å². The molecule has 1 heterocycles. The van der Waals surface area contributed by atoms with E-state index in [2.05, 4.69) is 5.32 Å². The van der Waals surface area contributed by atoms with Crippen molar-refractivity contribution in [1.29, 1.82) is 5.26 Å². The molecule has 1 aliphatic rings. The number of nitriles is 1. The summed E-state index contributed by atoms with van der Waals surface area (Å²) in [5, 5.41) is 20.9. The second-order valence-corrected chi connectivity index (χ2v) is 9.78. The Morgan fingerprint density at radius 2 is 1.60 bits per heavy atom. The number of nitrogens with one attached hydrogen (secondary N) is 1. The first-order valence-electron chi connectivity index (χ1n) is 12.0. The Morgan fingerprint density at radius 1 is 0.952 bits per heavy atom. The first-order valence-corrected chi connectivity index (χ1v) is 12.0. The van der Waals surface area contributed by atoms with Gasteiger partial charge in [0.05, 0.1) is 40.6 Å². The highest BCUT2D eigenvalue weighted by Crippen LogP contribution is 2.40. The van der Waals surface area contributed by atoms with Crippen LogP contribution in [0.15, 0.2) is 60.7 Å². The Bertz CT molecular complexity index is 1630. The van der Waals surface area contributed by atoms with Crippen LogP contribution in [0.5, 0.6) is 0 Å². The van der Waals surface area contributed by atoms with Crippen LogP contribution >= 0.6 is 0 Å². The molecule has 0 spiro atoms. The molecule has 42 heavy (non-hydrogen) atoms. The fourth-order valence-electron chi connectivity index (χ4n) is 4.36. The zero-order valence-corrected chi connectivity index (χ0v) is 21.8. The maximum atomic E-state index is 13.5. The summed E-state index contributed by atoms with van der Waals surface area (Å²) in [6, 6.07) is 10.5. The van der Waals surface area contributed by atoms with Gasteiger partial charge in [0, 0.05) is 11.4 Å². The minimum atomic E-state index is -4.95. The number of nitrogens with zero attached hydrogens (tertiary/aromatic N) is 3. The van der Waals surface area contributed by atoms with Gasteiger partial charge in [0.25, 0.3) is 5.91 Å². The maximum absolute atomic E-state index is 13.5. The molecule has 0 aliphatic carbocycles. The van der Waals surface area contributed by atoms with Gasteiger partial charge < -0.3 is 15.3 Å². The Labute approximate surface area is 234 Å². The lowest BCUT2D eigenvalue weighted by Gasteiger charge is -2.29. The average molecular weight is 590 g/mol. The molecule has 0 bridgehead atoms. The summed E-state index contributed by atoms with van der Waals surface area (Å²) in [6.45, 7) is 2.25. The molecular weight excluding hydrogens is 570 g/mol. The van der Waals surface area contributed by atoms with E-state index >= 15 is 0 Å². The van der Waals surface area contributed by atoms with Gasteiger partial charge in [-0.05, 0) is 74.0 Å². The first kappa shape index (κ1) is 29.9. The number of halogens is 6. The van der Waals surface area contributed by atoms with E-state index in [1.807, 2.05) is 0 Å². The van der Waals surface area contributed by atoms with E-state index in [0.717, 1.165) is 35.2 Å². The van der Waals surface area contributed by atoms with E-state index in [4.69, 9.17) is 10.4 Å². The van der Waals surface area contributed by atoms with Crippen molar-refractivity contribution in [3.05, 3.63) is 88.5 Å². The molecule has 0 aromatic heterocycles. The molecular formula is C28H20F6N4O4. The van der Waals surface area contributed by atoms with Crippen LogP contribution in [0.1, 0.15) is 46.5 Å². The summed E-state index contributed by atoms with van der Waals surface area (Å²) in [4.78, 5) is 39.4. The SMILES string of the molecule is CC1(C)C(=O)N(c2ccc(C#N)c(C(F)(F)F)c2)C(=O)N1Cc1ccc(C(F)(F)F)cc1Nc1ccc(C(=O)O)cc1. The van der Waals surface area contributed by atoms with Gasteiger partial charge in [-0.25, -0.2) is 14.5 Å². The number of imide groups is 1. The highest BCUT2D eigenvalue weighted by molar-refractivity contribution is 6.23. The van der Waals surface area contributed by atoms with E-state index in [-0.39, 0.29) is 22.5 Å². The number of benzene rings is 3. The van der Waals surface area contributed by atoms with Crippen molar-refractivity contribution in [2.45, 2.75) is 38.3 Å². The van der Waals surface area contributed by atoms with Crippen LogP contribution in [0.3, 0.4) is 0 Å². The number of carboxylic acids is 1. The molecule has 1 saturated heterocycles.